The smallest absolute Gasteiger partial charge is 0.319 e. The molecule has 3 rings (SSSR count). The molecule has 0 spiro atoms. The molecule has 0 aliphatic carbocycles. The molecule has 1 fully saturated rings. The zero-order valence-electron chi connectivity index (χ0n) is 12.2. The summed E-state index contributed by atoms with van der Waals surface area (Å²) in [4.78, 5) is 14.4. The van der Waals surface area contributed by atoms with Crippen molar-refractivity contribution in [3.05, 3.63) is 39.9 Å². The van der Waals surface area contributed by atoms with Crippen LogP contribution in [0.4, 0.5) is 9.80 Å². The average molecular weight is 337 g/mol. The largest absolute Gasteiger partial charge is 0.379 e. The van der Waals surface area contributed by atoms with Crippen LogP contribution in [0, 0.1) is 0 Å². The van der Waals surface area contributed by atoms with Crippen molar-refractivity contribution < 1.29 is 9.53 Å². The SMILES string of the molecule is O=C(NCC(c1ccsc1)N1CCOCC1)Nc1cccs1. The second kappa shape index (κ2) is 7.73. The van der Waals surface area contributed by atoms with Crippen molar-refractivity contribution in [1.29, 1.82) is 0 Å². The average Bonchev–Trinajstić information content (AvgIpc) is 3.22. The lowest BCUT2D eigenvalue weighted by Crippen LogP contribution is -2.44. The number of anilines is 1. The van der Waals surface area contributed by atoms with E-state index in [1.807, 2.05) is 17.5 Å². The molecule has 2 aromatic rings. The molecule has 5 nitrogen and oxygen atoms in total. The van der Waals surface area contributed by atoms with Crippen LogP contribution in [-0.4, -0.2) is 43.8 Å². The molecule has 1 atom stereocenters. The molecular formula is C15H19N3O2S2. The van der Waals surface area contributed by atoms with Crippen LogP contribution in [0.3, 0.4) is 0 Å². The van der Waals surface area contributed by atoms with Crippen LogP contribution in [0.15, 0.2) is 34.3 Å². The first kappa shape index (κ1) is 15.5. The zero-order chi connectivity index (χ0) is 15.2. The van der Waals surface area contributed by atoms with Crippen LogP contribution >= 0.6 is 22.7 Å². The van der Waals surface area contributed by atoms with Gasteiger partial charge in [0.15, 0.2) is 0 Å². The van der Waals surface area contributed by atoms with E-state index in [1.165, 1.54) is 16.9 Å². The molecule has 2 aromatic heterocycles. The molecule has 1 unspecified atom stereocenters. The highest BCUT2D eigenvalue weighted by molar-refractivity contribution is 7.14. The number of nitrogens with zero attached hydrogens (tertiary/aromatic N) is 1. The summed E-state index contributed by atoms with van der Waals surface area (Å²) in [7, 11) is 0. The van der Waals surface area contributed by atoms with Crippen molar-refractivity contribution in [2.45, 2.75) is 6.04 Å². The first-order valence-corrected chi connectivity index (χ1v) is 9.07. The molecule has 2 N–H and O–H groups in total. The predicted molar refractivity (Wildman–Crippen MR) is 90.8 cm³/mol. The van der Waals surface area contributed by atoms with E-state index < -0.39 is 0 Å². The second-order valence-corrected chi connectivity index (χ2v) is 6.76. The van der Waals surface area contributed by atoms with Gasteiger partial charge < -0.3 is 10.1 Å². The monoisotopic (exact) mass is 337 g/mol. The Balaban J connectivity index is 1.59. The normalized spacial score (nSPS) is 17.1. The topological polar surface area (TPSA) is 53.6 Å². The number of nitrogens with one attached hydrogen (secondary N) is 2. The van der Waals surface area contributed by atoms with Gasteiger partial charge in [0.05, 0.1) is 24.3 Å². The third-order valence-corrected chi connectivity index (χ3v) is 5.12. The van der Waals surface area contributed by atoms with Gasteiger partial charge in [-0.2, -0.15) is 11.3 Å². The number of carbonyl (C=O) groups is 1. The fourth-order valence-corrected chi connectivity index (χ4v) is 3.83. The Labute approximate surface area is 137 Å². The number of carbonyl (C=O) groups excluding carboxylic acids is 1. The van der Waals surface area contributed by atoms with Gasteiger partial charge in [-0.05, 0) is 39.9 Å². The highest BCUT2D eigenvalue weighted by Gasteiger charge is 2.23. The Bertz CT molecular complexity index is 566. The third-order valence-electron chi connectivity index (χ3n) is 3.63. The van der Waals surface area contributed by atoms with Gasteiger partial charge in [-0.1, -0.05) is 0 Å². The molecular weight excluding hydrogens is 318 g/mol. The summed E-state index contributed by atoms with van der Waals surface area (Å²) in [5, 5.41) is 12.9. The Morgan fingerprint density at radius 3 is 2.86 bits per heavy atom. The van der Waals surface area contributed by atoms with Crippen molar-refractivity contribution in [1.82, 2.24) is 10.2 Å². The molecule has 22 heavy (non-hydrogen) atoms. The quantitative estimate of drug-likeness (QED) is 0.882. The first-order chi connectivity index (χ1) is 10.8. The van der Waals surface area contributed by atoms with Crippen LogP contribution in [0.25, 0.3) is 0 Å². The summed E-state index contributed by atoms with van der Waals surface area (Å²) < 4.78 is 5.43. The van der Waals surface area contributed by atoms with Crippen LogP contribution in [0.5, 0.6) is 0 Å². The molecule has 0 saturated carbocycles. The second-order valence-electron chi connectivity index (χ2n) is 5.03. The van der Waals surface area contributed by atoms with E-state index in [0.29, 0.717) is 6.54 Å². The van der Waals surface area contributed by atoms with Gasteiger partial charge in [0.2, 0.25) is 0 Å². The van der Waals surface area contributed by atoms with Gasteiger partial charge in [0.25, 0.3) is 0 Å². The van der Waals surface area contributed by atoms with E-state index in [2.05, 4.69) is 32.4 Å². The molecule has 2 amide bonds. The number of urea groups is 1. The molecule has 0 radical (unpaired) electrons. The maximum absolute atomic E-state index is 12.0. The summed E-state index contributed by atoms with van der Waals surface area (Å²) in [6.45, 7) is 3.89. The Kier molecular flexibility index (Phi) is 5.44. The zero-order valence-corrected chi connectivity index (χ0v) is 13.8. The molecule has 0 bridgehead atoms. The number of amides is 2. The number of hydrogen-bond acceptors (Lipinski definition) is 5. The van der Waals surface area contributed by atoms with Crippen molar-refractivity contribution in [2.75, 3.05) is 38.2 Å². The number of morpholine rings is 1. The van der Waals surface area contributed by atoms with Crippen LogP contribution in [-0.2, 0) is 4.74 Å². The highest BCUT2D eigenvalue weighted by atomic mass is 32.1. The maximum atomic E-state index is 12.0. The lowest BCUT2D eigenvalue weighted by molar-refractivity contribution is 0.0168. The lowest BCUT2D eigenvalue weighted by Gasteiger charge is -2.34. The number of rotatable bonds is 5. The van der Waals surface area contributed by atoms with Crippen LogP contribution < -0.4 is 10.6 Å². The first-order valence-electron chi connectivity index (χ1n) is 7.25. The van der Waals surface area contributed by atoms with Crippen molar-refractivity contribution in [2.24, 2.45) is 0 Å². The van der Waals surface area contributed by atoms with Gasteiger partial charge in [-0.3, -0.25) is 10.2 Å². The van der Waals surface area contributed by atoms with E-state index in [1.54, 1.807) is 11.3 Å². The minimum absolute atomic E-state index is 0.157. The minimum atomic E-state index is -0.157. The van der Waals surface area contributed by atoms with E-state index >= 15 is 0 Å². The number of thiophene rings is 2. The number of ether oxygens (including phenoxy) is 1. The molecule has 1 saturated heterocycles. The molecule has 118 valence electrons. The molecule has 0 aromatic carbocycles. The van der Waals surface area contributed by atoms with Crippen molar-refractivity contribution in [3.8, 4) is 0 Å². The van der Waals surface area contributed by atoms with Crippen molar-refractivity contribution in [3.63, 3.8) is 0 Å². The Morgan fingerprint density at radius 2 is 2.18 bits per heavy atom. The Hall–Kier alpha value is -1.41. The minimum Gasteiger partial charge on any atom is -0.379 e. The van der Waals surface area contributed by atoms with Gasteiger partial charge in [-0.25, -0.2) is 4.79 Å². The molecule has 7 heteroatoms. The summed E-state index contributed by atoms with van der Waals surface area (Å²) >= 11 is 3.20. The lowest BCUT2D eigenvalue weighted by atomic mass is 10.1. The number of hydrogen-bond donors (Lipinski definition) is 2. The molecule has 1 aliphatic rings. The van der Waals surface area contributed by atoms with Gasteiger partial charge in [0, 0.05) is 19.6 Å². The van der Waals surface area contributed by atoms with Gasteiger partial charge >= 0.3 is 6.03 Å². The summed E-state index contributed by atoms with van der Waals surface area (Å²) in [6, 6.07) is 5.98. The molecule has 3 heterocycles. The van der Waals surface area contributed by atoms with E-state index in [9.17, 15) is 4.79 Å². The standard InChI is InChI=1S/C15H19N3O2S2/c19-15(17-14-2-1-8-22-14)16-10-13(12-3-9-21-11-12)18-4-6-20-7-5-18/h1-3,8-9,11,13H,4-7,10H2,(H2,16,17,19). The van der Waals surface area contributed by atoms with E-state index in [-0.39, 0.29) is 12.1 Å². The maximum Gasteiger partial charge on any atom is 0.319 e. The molecule has 1 aliphatic heterocycles. The van der Waals surface area contributed by atoms with Gasteiger partial charge in [-0.15, -0.1) is 11.3 Å². The van der Waals surface area contributed by atoms with Crippen LogP contribution in [0.1, 0.15) is 11.6 Å². The predicted octanol–water partition coefficient (Wildman–Crippen LogP) is 3.00. The fraction of sp³-hybridized carbons (Fsp3) is 0.400. The fourth-order valence-electron chi connectivity index (χ4n) is 2.51. The van der Waals surface area contributed by atoms with Crippen molar-refractivity contribution >= 4 is 33.7 Å². The highest BCUT2D eigenvalue weighted by Crippen LogP contribution is 2.23. The van der Waals surface area contributed by atoms with Crippen LogP contribution in [0.2, 0.25) is 0 Å². The summed E-state index contributed by atoms with van der Waals surface area (Å²) in [6.07, 6.45) is 0. The Morgan fingerprint density at radius 1 is 1.32 bits per heavy atom. The summed E-state index contributed by atoms with van der Waals surface area (Å²) in [5.74, 6) is 0. The van der Waals surface area contributed by atoms with E-state index in [4.69, 9.17) is 4.74 Å². The third kappa shape index (κ3) is 4.07. The van der Waals surface area contributed by atoms with Gasteiger partial charge in [0.1, 0.15) is 0 Å². The summed E-state index contributed by atoms with van der Waals surface area (Å²) in [5.41, 5.74) is 1.25. The van der Waals surface area contributed by atoms with E-state index in [0.717, 1.165) is 31.3 Å².